The van der Waals surface area contributed by atoms with Gasteiger partial charge in [0.25, 0.3) is 0 Å². The minimum absolute atomic E-state index is 0.254. The Morgan fingerprint density at radius 3 is 2.76 bits per heavy atom. The smallest absolute Gasteiger partial charge is 0.124 e. The van der Waals surface area contributed by atoms with Crippen molar-refractivity contribution in [2.45, 2.75) is 63.3 Å². The standard InChI is InChI=1S/C17H24ClNO2/c1-20-15-3-2-4-16(10-15)21-17-8-5-13(18)9-12(17)11-19-14-6-7-14/h5,8-9,14-16,19H,2-4,6-7,10-11H2,1H3. The second-order valence-electron chi connectivity index (χ2n) is 6.17. The predicted molar refractivity (Wildman–Crippen MR) is 85.0 cm³/mol. The Kier molecular flexibility index (Phi) is 5.04. The van der Waals surface area contributed by atoms with Gasteiger partial charge in [-0.25, -0.2) is 0 Å². The third-order valence-electron chi connectivity index (χ3n) is 4.39. The summed E-state index contributed by atoms with van der Waals surface area (Å²) in [4.78, 5) is 0. The number of rotatable bonds is 6. The van der Waals surface area contributed by atoms with Crippen LogP contribution in [0.1, 0.15) is 44.1 Å². The van der Waals surface area contributed by atoms with Crippen LogP contribution in [-0.2, 0) is 11.3 Å². The topological polar surface area (TPSA) is 30.5 Å². The van der Waals surface area contributed by atoms with Crippen molar-refractivity contribution in [2.75, 3.05) is 7.11 Å². The molecule has 1 aromatic carbocycles. The fraction of sp³-hybridized carbons (Fsp3) is 0.647. The lowest BCUT2D eigenvalue weighted by molar-refractivity contribution is 0.0206. The number of nitrogens with one attached hydrogen (secondary N) is 1. The van der Waals surface area contributed by atoms with E-state index in [9.17, 15) is 0 Å². The Labute approximate surface area is 132 Å². The van der Waals surface area contributed by atoms with E-state index in [4.69, 9.17) is 21.1 Å². The highest BCUT2D eigenvalue weighted by molar-refractivity contribution is 6.30. The van der Waals surface area contributed by atoms with Crippen molar-refractivity contribution in [1.82, 2.24) is 5.32 Å². The molecule has 2 saturated carbocycles. The van der Waals surface area contributed by atoms with Crippen molar-refractivity contribution in [3.63, 3.8) is 0 Å². The third kappa shape index (κ3) is 4.35. The molecule has 21 heavy (non-hydrogen) atoms. The van der Waals surface area contributed by atoms with Gasteiger partial charge in [-0.05, 0) is 50.3 Å². The fourth-order valence-corrected chi connectivity index (χ4v) is 3.14. The molecule has 116 valence electrons. The summed E-state index contributed by atoms with van der Waals surface area (Å²) in [5, 5.41) is 4.31. The SMILES string of the molecule is COC1CCCC(Oc2ccc(Cl)cc2CNC2CC2)C1. The van der Waals surface area contributed by atoms with Gasteiger partial charge < -0.3 is 14.8 Å². The van der Waals surface area contributed by atoms with Crippen molar-refractivity contribution < 1.29 is 9.47 Å². The van der Waals surface area contributed by atoms with Gasteiger partial charge in [-0.1, -0.05) is 11.6 Å². The van der Waals surface area contributed by atoms with Crippen LogP contribution in [0, 0.1) is 0 Å². The van der Waals surface area contributed by atoms with Crippen LogP contribution in [0.3, 0.4) is 0 Å². The Balaban J connectivity index is 1.65. The average molecular weight is 310 g/mol. The monoisotopic (exact) mass is 309 g/mol. The van der Waals surface area contributed by atoms with Crippen LogP contribution in [0.2, 0.25) is 5.02 Å². The Morgan fingerprint density at radius 2 is 2.00 bits per heavy atom. The molecule has 1 aromatic rings. The van der Waals surface area contributed by atoms with Crippen molar-refractivity contribution >= 4 is 11.6 Å². The summed E-state index contributed by atoms with van der Waals surface area (Å²) in [5.74, 6) is 0.967. The number of methoxy groups -OCH3 is 1. The summed E-state index contributed by atoms with van der Waals surface area (Å²) in [6, 6.07) is 6.61. The first-order valence-electron chi connectivity index (χ1n) is 7.96. The molecule has 0 amide bonds. The van der Waals surface area contributed by atoms with Crippen LogP contribution in [0.15, 0.2) is 18.2 Å². The normalized spacial score (nSPS) is 25.8. The van der Waals surface area contributed by atoms with Crippen LogP contribution in [-0.4, -0.2) is 25.4 Å². The van der Waals surface area contributed by atoms with E-state index in [0.29, 0.717) is 12.1 Å². The number of hydrogen-bond acceptors (Lipinski definition) is 3. The molecule has 0 radical (unpaired) electrons. The van der Waals surface area contributed by atoms with Crippen LogP contribution in [0.5, 0.6) is 5.75 Å². The molecule has 0 heterocycles. The van der Waals surface area contributed by atoms with E-state index in [2.05, 4.69) is 5.32 Å². The molecule has 3 nitrogen and oxygen atoms in total. The summed E-state index contributed by atoms with van der Waals surface area (Å²) in [6.07, 6.45) is 7.57. The van der Waals surface area contributed by atoms with Crippen LogP contribution < -0.4 is 10.1 Å². The summed E-state index contributed by atoms with van der Waals surface area (Å²) in [6.45, 7) is 0.834. The number of ether oxygens (including phenoxy) is 2. The molecule has 0 spiro atoms. The van der Waals surface area contributed by atoms with E-state index < -0.39 is 0 Å². The van der Waals surface area contributed by atoms with E-state index in [1.807, 2.05) is 18.2 Å². The van der Waals surface area contributed by atoms with Gasteiger partial charge >= 0.3 is 0 Å². The third-order valence-corrected chi connectivity index (χ3v) is 4.62. The van der Waals surface area contributed by atoms with E-state index in [1.54, 1.807) is 7.11 Å². The van der Waals surface area contributed by atoms with Gasteiger partial charge in [0.05, 0.1) is 6.10 Å². The molecule has 1 N–H and O–H groups in total. The molecule has 0 bridgehead atoms. The fourth-order valence-electron chi connectivity index (χ4n) is 2.95. The number of halogens is 1. The molecule has 0 aliphatic heterocycles. The van der Waals surface area contributed by atoms with Crippen LogP contribution in [0.25, 0.3) is 0 Å². The average Bonchev–Trinajstić information content (AvgIpc) is 3.32. The van der Waals surface area contributed by atoms with E-state index in [-0.39, 0.29) is 6.10 Å². The van der Waals surface area contributed by atoms with Crippen molar-refractivity contribution in [3.05, 3.63) is 28.8 Å². The second kappa shape index (κ2) is 6.99. The lowest BCUT2D eigenvalue weighted by Gasteiger charge is -2.29. The quantitative estimate of drug-likeness (QED) is 0.863. The maximum absolute atomic E-state index is 6.25. The minimum Gasteiger partial charge on any atom is -0.490 e. The zero-order valence-corrected chi connectivity index (χ0v) is 13.4. The summed E-state index contributed by atoms with van der Waals surface area (Å²) >= 11 is 6.13. The molecule has 2 aliphatic carbocycles. The highest BCUT2D eigenvalue weighted by Crippen LogP contribution is 2.30. The van der Waals surface area contributed by atoms with E-state index in [0.717, 1.165) is 42.1 Å². The van der Waals surface area contributed by atoms with Crippen molar-refractivity contribution in [3.8, 4) is 5.75 Å². The Hall–Kier alpha value is -0.770. The second-order valence-corrected chi connectivity index (χ2v) is 6.61. The summed E-state index contributed by atoms with van der Waals surface area (Å²) < 4.78 is 11.7. The van der Waals surface area contributed by atoms with Gasteiger partial charge in [-0.15, -0.1) is 0 Å². The van der Waals surface area contributed by atoms with Gasteiger partial charge in [0, 0.05) is 36.7 Å². The molecule has 2 atom stereocenters. The maximum atomic E-state index is 6.25. The first kappa shape index (κ1) is 15.1. The highest BCUT2D eigenvalue weighted by atomic mass is 35.5. The first-order chi connectivity index (χ1) is 10.2. The maximum Gasteiger partial charge on any atom is 0.124 e. The van der Waals surface area contributed by atoms with Crippen LogP contribution >= 0.6 is 11.6 Å². The van der Waals surface area contributed by atoms with Gasteiger partial charge in [0.15, 0.2) is 0 Å². The molecule has 2 fully saturated rings. The lowest BCUT2D eigenvalue weighted by Crippen LogP contribution is -2.30. The molecular formula is C17H24ClNO2. The zero-order chi connectivity index (χ0) is 14.7. The van der Waals surface area contributed by atoms with E-state index in [1.165, 1.54) is 19.3 Å². The number of benzene rings is 1. The van der Waals surface area contributed by atoms with Crippen molar-refractivity contribution in [2.24, 2.45) is 0 Å². The molecular weight excluding hydrogens is 286 g/mol. The predicted octanol–water partition coefficient (Wildman–Crippen LogP) is 3.93. The molecule has 4 heteroatoms. The Morgan fingerprint density at radius 1 is 1.19 bits per heavy atom. The molecule has 2 aliphatic rings. The van der Waals surface area contributed by atoms with Gasteiger partial charge in [-0.3, -0.25) is 0 Å². The van der Waals surface area contributed by atoms with E-state index >= 15 is 0 Å². The van der Waals surface area contributed by atoms with Gasteiger partial charge in [0.1, 0.15) is 11.9 Å². The summed E-state index contributed by atoms with van der Waals surface area (Å²) in [5.41, 5.74) is 1.16. The first-order valence-corrected chi connectivity index (χ1v) is 8.33. The minimum atomic E-state index is 0.254. The molecule has 0 saturated heterocycles. The van der Waals surface area contributed by atoms with Gasteiger partial charge in [0.2, 0.25) is 0 Å². The zero-order valence-electron chi connectivity index (χ0n) is 12.6. The Bertz CT molecular complexity index is 476. The largest absolute Gasteiger partial charge is 0.490 e. The highest BCUT2D eigenvalue weighted by Gasteiger charge is 2.24. The number of hydrogen-bond donors (Lipinski definition) is 1. The lowest BCUT2D eigenvalue weighted by atomic mass is 9.95. The molecule has 3 rings (SSSR count). The van der Waals surface area contributed by atoms with Crippen molar-refractivity contribution in [1.29, 1.82) is 0 Å². The molecule has 2 unspecified atom stereocenters. The van der Waals surface area contributed by atoms with Gasteiger partial charge in [-0.2, -0.15) is 0 Å². The van der Waals surface area contributed by atoms with Crippen LogP contribution in [0.4, 0.5) is 0 Å². The molecule has 0 aromatic heterocycles. The summed E-state index contributed by atoms with van der Waals surface area (Å²) in [7, 11) is 1.79.